The lowest BCUT2D eigenvalue weighted by atomic mass is 10.0. The SMILES string of the molecule is CCOC(=O)c1cc(C)nn1CCCCCc1c(C)nn(CC)c1C(=O)N=c1sc2cc(C(N)=O)cnc2n1CCCCNc1c(OCCCO[Si](C)(C)C(C)(C)C)cc(C(N)=O)cc1[N+](=O)[O-]. The maximum Gasteiger partial charge on any atom is 0.356 e. The number of pyridine rings is 1. The van der Waals surface area contributed by atoms with Crippen LogP contribution in [0.25, 0.3) is 10.3 Å². The number of hydrogen-bond donors (Lipinski definition) is 3. The largest absolute Gasteiger partial charge is 0.491 e. The Hall–Kier alpha value is -6.26. The van der Waals surface area contributed by atoms with Crippen LogP contribution < -0.4 is 26.3 Å². The second kappa shape index (κ2) is 23.2. The van der Waals surface area contributed by atoms with Gasteiger partial charge in [0.1, 0.15) is 17.1 Å². The van der Waals surface area contributed by atoms with Crippen molar-refractivity contribution in [1.29, 1.82) is 0 Å². The third-order valence-corrected chi connectivity index (χ3v) is 17.5. The Morgan fingerprint density at radius 3 is 2.29 bits per heavy atom. The molecule has 3 amide bonds. The van der Waals surface area contributed by atoms with Crippen LogP contribution in [0, 0.1) is 24.0 Å². The Labute approximate surface area is 400 Å². The van der Waals surface area contributed by atoms with E-state index in [1.54, 1.807) is 28.4 Å². The van der Waals surface area contributed by atoms with Crippen molar-refractivity contribution in [2.45, 2.75) is 131 Å². The van der Waals surface area contributed by atoms with E-state index in [0.717, 1.165) is 42.3 Å². The fourth-order valence-electron chi connectivity index (χ4n) is 7.30. The number of thiazole rings is 1. The normalized spacial score (nSPS) is 12.2. The van der Waals surface area contributed by atoms with Gasteiger partial charge in [0.15, 0.2) is 24.5 Å². The number of primary amides is 2. The number of nitrogens with zero attached hydrogens (tertiary/aromatic N) is 8. The van der Waals surface area contributed by atoms with Gasteiger partial charge in [-0.15, -0.1) is 0 Å². The van der Waals surface area contributed by atoms with E-state index in [0.29, 0.717) is 78.5 Å². The van der Waals surface area contributed by atoms with Crippen LogP contribution in [-0.2, 0) is 35.2 Å². The summed E-state index contributed by atoms with van der Waals surface area (Å²) in [5.41, 5.74) is 14.6. The van der Waals surface area contributed by atoms with Crippen molar-refractivity contribution in [2.75, 3.05) is 31.7 Å². The van der Waals surface area contributed by atoms with E-state index in [4.69, 9.17) is 25.4 Å². The number of ether oxygens (including phenoxy) is 2. The average Bonchev–Trinajstić information content (AvgIpc) is 3.93. The van der Waals surface area contributed by atoms with Gasteiger partial charge in [0.05, 0.1) is 39.8 Å². The summed E-state index contributed by atoms with van der Waals surface area (Å²) in [5, 5.41) is 24.6. The number of aromatic nitrogens is 6. The first kappa shape index (κ1) is 52.7. The molecule has 368 valence electrons. The number of nitro groups is 1. The Balaban J connectivity index is 1.32. The monoisotopic (exact) mass is 975 g/mol. The van der Waals surface area contributed by atoms with Crippen LogP contribution in [0.5, 0.6) is 5.75 Å². The fourth-order valence-corrected chi connectivity index (χ4v) is 9.44. The third-order valence-electron chi connectivity index (χ3n) is 11.9. The van der Waals surface area contributed by atoms with Crippen molar-refractivity contribution < 1.29 is 38.0 Å². The summed E-state index contributed by atoms with van der Waals surface area (Å²) in [7, 11) is -1.99. The number of carbonyl (C=O) groups is 4. The number of nitrogens with two attached hydrogens (primary N) is 2. The molecule has 20 nitrogen and oxygen atoms in total. The molecule has 0 bridgehead atoms. The molecule has 0 saturated carbocycles. The van der Waals surface area contributed by atoms with Crippen molar-refractivity contribution >= 4 is 65.1 Å². The van der Waals surface area contributed by atoms with Crippen LogP contribution in [0.1, 0.15) is 132 Å². The van der Waals surface area contributed by atoms with Crippen LogP contribution in [0.15, 0.2) is 35.5 Å². The highest BCUT2D eigenvalue weighted by molar-refractivity contribution is 7.16. The molecule has 1 aromatic carbocycles. The molecule has 0 spiro atoms. The van der Waals surface area contributed by atoms with Crippen LogP contribution in [0.2, 0.25) is 18.1 Å². The molecule has 0 unspecified atom stereocenters. The first-order chi connectivity index (χ1) is 32.2. The maximum absolute atomic E-state index is 14.3. The summed E-state index contributed by atoms with van der Waals surface area (Å²) in [5.74, 6) is -2.23. The molecule has 5 rings (SSSR count). The minimum atomic E-state index is -1.99. The number of amides is 3. The van der Waals surface area contributed by atoms with Crippen molar-refractivity contribution in [1.82, 2.24) is 29.1 Å². The summed E-state index contributed by atoms with van der Waals surface area (Å²) in [6, 6.07) is 5.88. The molecule has 5 N–H and O–H groups in total. The predicted octanol–water partition coefficient (Wildman–Crippen LogP) is 7.25. The van der Waals surface area contributed by atoms with E-state index in [-0.39, 0.29) is 53.0 Å². The molecule has 0 aliphatic heterocycles. The number of benzene rings is 1. The molecule has 5 aromatic rings. The average molecular weight is 976 g/mol. The second-order valence-electron chi connectivity index (χ2n) is 18.0. The highest BCUT2D eigenvalue weighted by Gasteiger charge is 2.37. The summed E-state index contributed by atoms with van der Waals surface area (Å²) >= 11 is 1.20. The molecular formula is C46H65N11O9SSi. The van der Waals surface area contributed by atoms with E-state index in [9.17, 15) is 29.3 Å². The van der Waals surface area contributed by atoms with Crippen molar-refractivity contribution in [3.05, 3.63) is 84.8 Å². The van der Waals surface area contributed by atoms with E-state index in [1.165, 1.54) is 23.6 Å². The highest BCUT2D eigenvalue weighted by atomic mass is 32.1. The van der Waals surface area contributed by atoms with E-state index in [1.807, 2.05) is 25.3 Å². The number of esters is 1. The molecule has 0 fully saturated rings. The molecule has 0 saturated heterocycles. The molecule has 68 heavy (non-hydrogen) atoms. The van der Waals surface area contributed by atoms with Gasteiger partial charge >= 0.3 is 5.97 Å². The quantitative estimate of drug-likeness (QED) is 0.0171. The Kier molecular flexibility index (Phi) is 18.0. The lowest BCUT2D eigenvalue weighted by molar-refractivity contribution is -0.384. The van der Waals surface area contributed by atoms with E-state index in [2.05, 4.69) is 59.4 Å². The van der Waals surface area contributed by atoms with Gasteiger partial charge in [-0.1, -0.05) is 38.5 Å². The standard InChI is InChI=1S/C46H65N11O9SSi/c1-10-55-39(33(30(4)53-55)18-13-12-15-21-56-35(24-29(3)52-56)44(61)64-11-2)43(60)51-45-54(42-37(67-45)27-32(28-50-42)41(48)59)20-16-14-19-49-38-34(57(62)63)25-31(40(47)58)26-36(38)65-22-17-23-66-68(8,9)46(5,6)7/h24-28,49H,10-23H2,1-9H3,(H2,47,58)(H2,48,59). The number of nitro benzene ring substituents is 1. The third kappa shape index (κ3) is 13.0. The number of aryl methyl sites for hydroxylation is 5. The Morgan fingerprint density at radius 2 is 1.63 bits per heavy atom. The number of carbonyl (C=O) groups excluding carboxylic acids is 4. The number of rotatable bonds is 25. The van der Waals surface area contributed by atoms with Gasteiger partial charge in [0.2, 0.25) is 11.8 Å². The first-order valence-electron chi connectivity index (χ1n) is 23.0. The highest BCUT2D eigenvalue weighted by Crippen LogP contribution is 2.38. The number of hydrogen-bond acceptors (Lipinski definition) is 14. The zero-order chi connectivity index (χ0) is 49.9. The molecule has 22 heteroatoms. The molecule has 0 aliphatic rings. The van der Waals surface area contributed by atoms with Crippen molar-refractivity contribution in [3.63, 3.8) is 0 Å². The molecule has 0 radical (unpaired) electrons. The molecular weight excluding hydrogens is 911 g/mol. The Bertz CT molecular complexity index is 2710. The van der Waals surface area contributed by atoms with Gasteiger partial charge in [0, 0.05) is 62.6 Å². The number of anilines is 1. The zero-order valence-electron chi connectivity index (χ0n) is 40.6. The minimum absolute atomic E-state index is 0.0301. The lowest BCUT2D eigenvalue weighted by Gasteiger charge is -2.36. The number of nitrogens with one attached hydrogen (secondary N) is 1. The van der Waals surface area contributed by atoms with Crippen LogP contribution in [0.3, 0.4) is 0 Å². The van der Waals surface area contributed by atoms with Gasteiger partial charge < -0.3 is 35.3 Å². The van der Waals surface area contributed by atoms with Gasteiger partial charge in [-0.2, -0.15) is 15.2 Å². The van der Waals surface area contributed by atoms with Gasteiger partial charge in [-0.05, 0) is 96.1 Å². The van der Waals surface area contributed by atoms with Gasteiger partial charge in [0.25, 0.3) is 11.6 Å². The molecule has 0 atom stereocenters. The molecule has 4 aromatic heterocycles. The fraction of sp³-hybridized carbons (Fsp3) is 0.522. The second-order valence-corrected chi connectivity index (χ2v) is 23.8. The predicted molar refractivity (Wildman–Crippen MR) is 262 cm³/mol. The topological polar surface area (TPSA) is 269 Å². The number of fused-ring (bicyclic) bond motifs is 1. The number of unbranched alkanes of at least 4 members (excludes halogenated alkanes) is 3. The van der Waals surface area contributed by atoms with Crippen LogP contribution in [-0.4, -0.2) is 92.4 Å². The molecule has 4 heterocycles. The summed E-state index contributed by atoms with van der Waals surface area (Å²) in [6.45, 7) is 20.7. The lowest BCUT2D eigenvalue weighted by Crippen LogP contribution is -2.41. The molecule has 0 aliphatic carbocycles. The van der Waals surface area contributed by atoms with Gasteiger partial charge in [-0.25, -0.2) is 9.78 Å². The minimum Gasteiger partial charge on any atom is -0.491 e. The maximum atomic E-state index is 14.3. The van der Waals surface area contributed by atoms with E-state index >= 15 is 0 Å². The van der Waals surface area contributed by atoms with Crippen LogP contribution >= 0.6 is 11.3 Å². The zero-order valence-corrected chi connectivity index (χ0v) is 42.4. The van der Waals surface area contributed by atoms with E-state index < -0.39 is 36.9 Å². The van der Waals surface area contributed by atoms with Crippen molar-refractivity contribution in [2.24, 2.45) is 16.5 Å². The smallest absolute Gasteiger partial charge is 0.356 e. The summed E-state index contributed by atoms with van der Waals surface area (Å²) in [6.07, 6.45) is 5.81. The summed E-state index contributed by atoms with van der Waals surface area (Å²) < 4.78 is 23.3. The Morgan fingerprint density at radius 1 is 0.912 bits per heavy atom. The van der Waals surface area contributed by atoms with Gasteiger partial charge in [-0.3, -0.25) is 33.9 Å². The summed E-state index contributed by atoms with van der Waals surface area (Å²) in [4.78, 5) is 72.3. The first-order valence-corrected chi connectivity index (χ1v) is 26.7. The van der Waals surface area contributed by atoms with Crippen LogP contribution in [0.4, 0.5) is 11.4 Å². The van der Waals surface area contributed by atoms with Crippen molar-refractivity contribution in [3.8, 4) is 5.75 Å².